The number of hydrogen-bond donors (Lipinski definition) is 0. The van der Waals surface area contributed by atoms with Crippen LogP contribution in [0.1, 0.15) is 0 Å². The molecule has 144 valence electrons. The Kier molecular flexibility index (Phi) is 7.35. The van der Waals surface area contributed by atoms with Crippen LogP contribution in [-0.2, 0) is 44.8 Å². The summed E-state index contributed by atoms with van der Waals surface area (Å²) < 4.78 is 0. The van der Waals surface area contributed by atoms with Crippen molar-refractivity contribution < 1.29 is 74.7 Å². The van der Waals surface area contributed by atoms with Gasteiger partial charge in [-0.05, 0) is 11.5 Å². The van der Waals surface area contributed by atoms with Gasteiger partial charge in [0.25, 0.3) is 22.7 Å². The van der Waals surface area contributed by atoms with E-state index in [9.17, 15) is 50.7 Å². The van der Waals surface area contributed by atoms with Crippen molar-refractivity contribution in [2.75, 3.05) is 0 Å². The normalized spacial score (nSPS) is 9.69. The van der Waals surface area contributed by atoms with Crippen LogP contribution in [0.5, 0.6) is 11.5 Å². The second-order valence-electron chi connectivity index (χ2n) is 4.27. The Labute approximate surface area is 172 Å². The number of benzene rings is 2. The molecule has 16 heteroatoms. The molecule has 0 atom stereocenters. The van der Waals surface area contributed by atoms with Gasteiger partial charge in [-0.15, -0.1) is 0 Å². The van der Waals surface area contributed by atoms with E-state index in [0.29, 0.717) is 0 Å². The van der Waals surface area contributed by atoms with E-state index in [1.54, 1.807) is 0 Å². The number of nitro benzene ring substituents is 4. The zero-order chi connectivity index (χ0) is 18.3. The molecule has 0 saturated heterocycles. The first-order valence-electron chi connectivity index (χ1n) is 5.67. The van der Waals surface area contributed by atoms with Crippen LogP contribution in [0.25, 0.3) is 10.8 Å². The van der Waals surface area contributed by atoms with Gasteiger partial charge in [0, 0.05) is 0 Å². The smallest absolute Gasteiger partial charge is 0.867 e. The Bertz CT molecular complexity index is 886. The van der Waals surface area contributed by atoms with Gasteiger partial charge in [0.1, 0.15) is 0 Å². The van der Waals surface area contributed by atoms with E-state index in [-0.39, 0.29) is 56.9 Å². The van der Waals surface area contributed by atoms with E-state index in [1.807, 2.05) is 0 Å². The van der Waals surface area contributed by atoms with Crippen LogP contribution in [0, 0.1) is 40.5 Å². The predicted octanol–water partition coefficient (Wildman–Crippen LogP) is 0.615. The van der Waals surface area contributed by atoms with Crippen LogP contribution in [-0.4, -0.2) is 19.7 Å². The Balaban J connectivity index is 0.00000312. The molecule has 0 aromatic heterocycles. The van der Waals surface area contributed by atoms with Crippen molar-refractivity contribution in [2.45, 2.75) is 0 Å². The van der Waals surface area contributed by atoms with E-state index in [1.165, 1.54) is 0 Å². The summed E-state index contributed by atoms with van der Waals surface area (Å²) in [7, 11) is 0. The van der Waals surface area contributed by atoms with Crippen LogP contribution in [0.4, 0.5) is 22.7 Å². The SMILES string of the molecule is O=[N+]([O-])c1cc([N+](=O)[O-])c2c([O-])c([N+](=O)[O-])cc([N+](=O)[O-])c2c1[O-].[Ag+].[Ag+]. The van der Waals surface area contributed by atoms with E-state index in [4.69, 9.17) is 0 Å². The number of fused-ring (bicyclic) bond motifs is 1. The minimum Gasteiger partial charge on any atom is -0.867 e. The van der Waals surface area contributed by atoms with Crippen LogP contribution in [0.15, 0.2) is 12.1 Å². The molecule has 2 aromatic rings. The summed E-state index contributed by atoms with van der Waals surface area (Å²) in [6.07, 6.45) is 0. The van der Waals surface area contributed by atoms with Crippen molar-refractivity contribution in [3.8, 4) is 11.5 Å². The Morgan fingerprint density at radius 3 is 0.962 bits per heavy atom. The molecule has 0 bridgehead atoms. The molecule has 0 aliphatic rings. The molecule has 0 heterocycles. The van der Waals surface area contributed by atoms with Gasteiger partial charge in [-0.2, -0.15) is 0 Å². The van der Waals surface area contributed by atoms with Crippen molar-refractivity contribution in [3.63, 3.8) is 0 Å². The molecule has 0 saturated carbocycles. The van der Waals surface area contributed by atoms with Gasteiger partial charge >= 0.3 is 44.8 Å². The largest absolute Gasteiger partial charge is 1.00 e. The third-order valence-electron chi connectivity index (χ3n) is 3.02. The third kappa shape index (κ3) is 3.64. The van der Waals surface area contributed by atoms with E-state index < -0.39 is 64.7 Å². The molecule has 0 unspecified atom stereocenters. The number of hydrogen-bond acceptors (Lipinski definition) is 10. The average Bonchev–Trinajstić information content (AvgIpc) is 2.46. The molecule has 0 N–H and O–H groups in total. The van der Waals surface area contributed by atoms with Gasteiger partial charge in [-0.1, -0.05) is 0 Å². The molecule has 0 aliphatic carbocycles. The zero-order valence-corrected chi connectivity index (χ0v) is 14.6. The predicted molar refractivity (Wildman–Crippen MR) is 69.5 cm³/mol. The standard InChI is InChI=1S/C10H4N4O10.2Ag/c15-9-5(13(21)22)1-3(11(17)18)7-8(9)4(12(19)20)2-6(10(7)16)14(23)24;;/h1-2,15-16H;;/q;2*+1/p-2. The van der Waals surface area contributed by atoms with Crippen LogP contribution >= 0.6 is 0 Å². The monoisotopic (exact) mass is 552 g/mol. The van der Waals surface area contributed by atoms with Crippen molar-refractivity contribution in [3.05, 3.63) is 52.6 Å². The minimum atomic E-state index is -1.63. The summed E-state index contributed by atoms with van der Waals surface area (Å²) in [5.74, 6) is -3.25. The molecule has 2 rings (SSSR count). The molecule has 0 spiro atoms. The molecule has 0 radical (unpaired) electrons. The first-order chi connectivity index (χ1) is 11.1. The van der Waals surface area contributed by atoms with Crippen LogP contribution < -0.4 is 10.2 Å². The van der Waals surface area contributed by atoms with Gasteiger partial charge in [0.05, 0.1) is 42.6 Å². The van der Waals surface area contributed by atoms with Gasteiger partial charge in [0.15, 0.2) is 0 Å². The molecular formula is C10H2Ag2N4O10. The van der Waals surface area contributed by atoms with Gasteiger partial charge in [0.2, 0.25) is 0 Å². The molecule has 0 fully saturated rings. The second kappa shape index (κ2) is 8.17. The first-order valence-corrected chi connectivity index (χ1v) is 5.67. The fourth-order valence-electron chi connectivity index (χ4n) is 2.07. The van der Waals surface area contributed by atoms with Crippen molar-refractivity contribution in [1.82, 2.24) is 0 Å². The quantitative estimate of drug-likeness (QED) is 0.291. The minimum absolute atomic E-state index is 0. The van der Waals surface area contributed by atoms with E-state index in [0.717, 1.165) is 0 Å². The molecular weight excluding hydrogens is 552 g/mol. The van der Waals surface area contributed by atoms with Crippen molar-refractivity contribution in [1.29, 1.82) is 0 Å². The van der Waals surface area contributed by atoms with Crippen LogP contribution in [0.2, 0.25) is 0 Å². The maximum Gasteiger partial charge on any atom is 1.00 e. The summed E-state index contributed by atoms with van der Waals surface area (Å²) in [6.45, 7) is 0. The summed E-state index contributed by atoms with van der Waals surface area (Å²) in [4.78, 5) is 38.4. The van der Waals surface area contributed by atoms with Gasteiger partial charge in [-0.3, -0.25) is 40.5 Å². The number of nitrogens with zero attached hydrogens (tertiary/aromatic N) is 4. The van der Waals surface area contributed by atoms with Crippen LogP contribution in [0.3, 0.4) is 0 Å². The number of rotatable bonds is 4. The van der Waals surface area contributed by atoms with Gasteiger partial charge in [-0.25, -0.2) is 0 Å². The number of nitro groups is 4. The summed E-state index contributed by atoms with van der Waals surface area (Å²) in [5.41, 5.74) is -5.36. The Morgan fingerprint density at radius 1 is 0.538 bits per heavy atom. The molecule has 14 nitrogen and oxygen atoms in total. The maximum absolute atomic E-state index is 12.0. The van der Waals surface area contributed by atoms with Gasteiger partial charge < -0.3 is 10.2 Å². The average molecular weight is 554 g/mol. The fraction of sp³-hybridized carbons (Fsp3) is 0. The zero-order valence-electron chi connectivity index (χ0n) is 11.6. The fourth-order valence-corrected chi connectivity index (χ4v) is 2.07. The third-order valence-corrected chi connectivity index (χ3v) is 3.02. The molecule has 2 aromatic carbocycles. The second-order valence-corrected chi connectivity index (χ2v) is 4.27. The van der Waals surface area contributed by atoms with E-state index in [2.05, 4.69) is 0 Å². The van der Waals surface area contributed by atoms with Crippen molar-refractivity contribution in [2.24, 2.45) is 0 Å². The summed E-state index contributed by atoms with van der Waals surface area (Å²) >= 11 is 0. The topological polar surface area (TPSA) is 219 Å². The first kappa shape index (κ1) is 23.4. The summed E-state index contributed by atoms with van der Waals surface area (Å²) in [5, 5.41) is 65.3. The Hall–Kier alpha value is -2.62. The number of non-ortho nitro benzene ring substituents is 2. The summed E-state index contributed by atoms with van der Waals surface area (Å²) in [6, 6.07) is 0.277. The molecule has 0 aliphatic heterocycles. The molecule has 26 heavy (non-hydrogen) atoms. The molecule has 0 amide bonds. The van der Waals surface area contributed by atoms with Crippen molar-refractivity contribution >= 4 is 33.5 Å². The Morgan fingerprint density at radius 2 is 0.769 bits per heavy atom. The van der Waals surface area contributed by atoms with E-state index >= 15 is 0 Å². The maximum atomic E-state index is 12.0.